The molecule has 30 heavy (non-hydrogen) atoms. The fraction of sp³-hybridized carbons (Fsp3) is 0.667. The van der Waals surface area contributed by atoms with E-state index in [9.17, 15) is 43.3 Å². The van der Waals surface area contributed by atoms with Gasteiger partial charge in [0.25, 0.3) is 40.5 Å². The number of hydrogen-bond acceptors (Lipinski definition) is 13. The van der Waals surface area contributed by atoms with Crippen LogP contribution in [0, 0.1) is 0 Å². The number of halogens is 4. The Labute approximate surface area is 192 Å². The minimum atomic E-state index is -4.52. The van der Waals surface area contributed by atoms with Crippen LogP contribution in [-0.2, 0) is 66.8 Å². The molecule has 0 saturated heterocycles. The summed E-state index contributed by atoms with van der Waals surface area (Å²) in [6.45, 7) is 0. The number of Topliss-reactive ketones (excluding diaryl/α,β-unsaturated/α-hetero) is 2. The van der Waals surface area contributed by atoms with Crippen LogP contribution in [0.1, 0.15) is 0 Å². The maximum atomic E-state index is 10.8. The van der Waals surface area contributed by atoms with E-state index >= 15 is 0 Å². The molecule has 0 aromatic carbocycles. The summed E-state index contributed by atoms with van der Waals surface area (Å²) in [5, 5.41) is 0. The first kappa shape index (κ1) is 34.9. The number of rotatable bonds is 10. The highest BCUT2D eigenvalue weighted by Gasteiger charge is 2.23. The summed E-state index contributed by atoms with van der Waals surface area (Å²) in [6.07, 6.45) is 0. The molecule has 0 unspecified atom stereocenters. The monoisotopic (exact) mass is 622 g/mol. The molecule has 0 spiro atoms. The van der Waals surface area contributed by atoms with E-state index in [1.54, 1.807) is 0 Å². The Bertz CT molecular complexity index is 933. The number of hydrogen-bond donors (Lipinski definition) is 2. The highest BCUT2D eigenvalue weighted by atomic mass is 36.0. The predicted molar refractivity (Wildman–Crippen MR) is 104 cm³/mol. The average molecular weight is 624 g/mol. The predicted octanol–water partition coefficient (Wildman–Crippen LogP) is -1.07. The number of ketones is 2. The second-order valence-electron chi connectivity index (χ2n) is 4.24. The van der Waals surface area contributed by atoms with E-state index in [1.807, 2.05) is 0 Å². The van der Waals surface area contributed by atoms with Crippen molar-refractivity contribution in [1.29, 1.82) is 0 Å². The van der Waals surface area contributed by atoms with Crippen molar-refractivity contribution in [3.05, 3.63) is 0 Å². The molecule has 24 heteroatoms. The molecule has 15 nitrogen and oxygen atoms in total. The van der Waals surface area contributed by atoms with E-state index in [0.717, 1.165) is 0 Å². The summed E-state index contributed by atoms with van der Waals surface area (Å²) in [5.41, 5.74) is 0. The van der Waals surface area contributed by atoms with Crippen LogP contribution >= 0.6 is 45.1 Å². The van der Waals surface area contributed by atoms with E-state index in [4.69, 9.17) is 13.3 Å². The third-order valence-corrected chi connectivity index (χ3v) is 5.81. The normalized spacial score (nSPS) is 12.2. The molecular weight excluding hydrogens is 614 g/mol. The lowest BCUT2D eigenvalue weighted by atomic mass is 10.5. The zero-order valence-corrected chi connectivity index (χ0v) is 20.7. The van der Waals surface area contributed by atoms with Crippen LogP contribution < -0.4 is 0 Å². The third-order valence-electron chi connectivity index (χ3n) is 1.55. The fourth-order valence-corrected chi connectivity index (χ4v) is 3.55. The van der Waals surface area contributed by atoms with Gasteiger partial charge < -0.3 is 0 Å². The van der Waals surface area contributed by atoms with Crippen LogP contribution in [-0.4, -0.2) is 81.6 Å². The van der Waals surface area contributed by atoms with Gasteiger partial charge in [0.15, 0.2) is 11.6 Å². The van der Waals surface area contributed by atoms with Gasteiger partial charge in [-0.2, -0.15) is 41.1 Å². The first-order valence-electron chi connectivity index (χ1n) is 5.79. The molecule has 0 saturated carbocycles. The smallest absolute Gasteiger partial charge is 0.290 e. The van der Waals surface area contributed by atoms with Crippen molar-refractivity contribution in [3.63, 3.8) is 0 Å². The van der Waals surface area contributed by atoms with E-state index in [-0.39, 0.29) is 0 Å². The van der Waals surface area contributed by atoms with Crippen LogP contribution in [0.25, 0.3) is 0 Å². The van der Waals surface area contributed by atoms with Crippen molar-refractivity contribution < 1.29 is 64.0 Å². The van der Waals surface area contributed by atoms with Gasteiger partial charge in [-0.25, -0.2) is 4.21 Å². The van der Waals surface area contributed by atoms with E-state index in [1.165, 1.54) is 0 Å². The molecule has 0 radical (unpaired) electrons. The van der Waals surface area contributed by atoms with Crippen LogP contribution in [0.2, 0.25) is 0 Å². The standard InChI is InChI=1S/C3H4Cl2O7S2.C3H6O7S2.Cl2OS/c4-11-13(7,8)1-3(6)2-14(9,10)12-5;4-3(1-11(5,6)7)2-12(8,9)10;1-4(2)3/h1-2H2;1-2H2,(H,5,6,7)(H,8,9,10);. The molecule has 2 N–H and O–H groups in total. The van der Waals surface area contributed by atoms with Gasteiger partial charge in [0.05, 0.1) is 23.7 Å². The van der Waals surface area contributed by atoms with Gasteiger partial charge in [-0.3, -0.25) is 18.7 Å². The minimum Gasteiger partial charge on any atom is -0.297 e. The highest BCUT2D eigenvalue weighted by Crippen LogP contribution is 2.01. The Morgan fingerprint density at radius 1 is 0.667 bits per heavy atom. The number of carbonyl (C=O) groups is 2. The SMILES string of the molecule is O=C(CS(=O)(=O)O)CS(=O)(=O)O.O=C(CS(=O)(=O)OCl)CS(=O)(=O)OCl.O=S(Cl)Cl. The maximum Gasteiger partial charge on any atom is 0.290 e. The van der Waals surface area contributed by atoms with Crippen molar-refractivity contribution in [2.24, 2.45) is 0 Å². The molecule has 0 aromatic heterocycles. The molecule has 0 bridgehead atoms. The van der Waals surface area contributed by atoms with Gasteiger partial charge in [0, 0.05) is 21.4 Å². The lowest BCUT2D eigenvalue weighted by molar-refractivity contribution is -0.115. The van der Waals surface area contributed by atoms with Crippen molar-refractivity contribution in [1.82, 2.24) is 0 Å². The van der Waals surface area contributed by atoms with Gasteiger partial charge in [-0.05, 0) is 0 Å². The fourth-order valence-electron chi connectivity index (χ4n) is 0.929. The Kier molecular flexibility index (Phi) is 17.7. The van der Waals surface area contributed by atoms with Crippen LogP contribution in [0.3, 0.4) is 0 Å². The summed E-state index contributed by atoms with van der Waals surface area (Å²) < 4.78 is 114. The summed E-state index contributed by atoms with van der Waals surface area (Å²) in [4.78, 5) is 21.2. The van der Waals surface area contributed by atoms with Gasteiger partial charge in [-0.15, -0.1) is 0 Å². The van der Waals surface area contributed by atoms with Gasteiger partial charge in [0.1, 0.15) is 23.0 Å². The molecule has 0 aliphatic rings. The Hall–Kier alpha value is 0.290. The van der Waals surface area contributed by atoms with E-state index in [2.05, 4.69) is 52.6 Å². The quantitative estimate of drug-likeness (QED) is 0.217. The number of carbonyl (C=O) groups excluding carboxylic acids is 2. The Morgan fingerprint density at radius 2 is 0.867 bits per heavy atom. The lowest BCUT2D eigenvalue weighted by Crippen LogP contribution is -2.23. The zero-order valence-electron chi connectivity index (χ0n) is 13.6. The molecule has 0 fully saturated rings. The molecule has 0 aliphatic heterocycles. The van der Waals surface area contributed by atoms with Crippen molar-refractivity contribution >= 4 is 106 Å². The molecule has 0 rings (SSSR count). The molecule has 0 atom stereocenters. The van der Waals surface area contributed by atoms with E-state index < -0.39 is 84.3 Å². The molecule has 0 heterocycles. The topological polar surface area (TPSA) is 247 Å². The molecule has 182 valence electrons. The first-order chi connectivity index (χ1) is 13.1. The highest BCUT2D eigenvalue weighted by molar-refractivity contribution is 8.26. The second kappa shape index (κ2) is 15.2. The van der Waals surface area contributed by atoms with Gasteiger partial charge in [-0.1, -0.05) is 0 Å². The average Bonchev–Trinajstić information content (AvgIpc) is 2.41. The summed E-state index contributed by atoms with van der Waals surface area (Å²) in [5.74, 6) is -7.43. The largest absolute Gasteiger partial charge is 0.297 e. The van der Waals surface area contributed by atoms with E-state index in [0.29, 0.717) is 0 Å². The summed E-state index contributed by atoms with van der Waals surface area (Å²) >= 11 is 8.99. The molecular formula is C6H10Cl4O15S5. The Balaban J connectivity index is -0.000000416. The lowest BCUT2D eigenvalue weighted by Gasteiger charge is -1.98. The van der Waals surface area contributed by atoms with Crippen LogP contribution in [0.5, 0.6) is 0 Å². The third kappa shape index (κ3) is 30.5. The molecule has 0 aromatic rings. The first-order valence-corrected chi connectivity index (χ1v) is 15.6. The second-order valence-corrected chi connectivity index (χ2v) is 13.5. The zero-order chi connectivity index (χ0) is 25.0. The summed E-state index contributed by atoms with van der Waals surface area (Å²) in [6, 6.07) is 0. The molecule has 0 aliphatic carbocycles. The van der Waals surface area contributed by atoms with Gasteiger partial charge in [0.2, 0.25) is 9.23 Å². The van der Waals surface area contributed by atoms with Crippen molar-refractivity contribution in [2.45, 2.75) is 0 Å². The van der Waals surface area contributed by atoms with Crippen LogP contribution in [0.4, 0.5) is 0 Å². The maximum absolute atomic E-state index is 10.8. The van der Waals surface area contributed by atoms with Crippen LogP contribution in [0.15, 0.2) is 0 Å². The molecule has 0 amide bonds. The van der Waals surface area contributed by atoms with Crippen molar-refractivity contribution in [2.75, 3.05) is 23.0 Å². The summed E-state index contributed by atoms with van der Waals surface area (Å²) in [7, 11) is -10.2. The van der Waals surface area contributed by atoms with Gasteiger partial charge >= 0.3 is 0 Å². The minimum absolute atomic E-state index is 1.17. The van der Waals surface area contributed by atoms with Crippen molar-refractivity contribution in [3.8, 4) is 0 Å². The Morgan fingerprint density at radius 3 is 1.03 bits per heavy atom.